The van der Waals surface area contributed by atoms with E-state index in [4.69, 9.17) is 9.47 Å². The van der Waals surface area contributed by atoms with Gasteiger partial charge in [-0.05, 0) is 56.9 Å². The van der Waals surface area contributed by atoms with Gasteiger partial charge in [-0.25, -0.2) is 4.79 Å². The van der Waals surface area contributed by atoms with Gasteiger partial charge in [0.2, 0.25) is 0 Å². The van der Waals surface area contributed by atoms with Gasteiger partial charge in [-0.3, -0.25) is 0 Å². The smallest absolute Gasteiger partial charge is 0.338 e. The standard InChI is InChI=1S/C16H24O3/c1-10(2)9-18-15-8-12(5)14(7-13(15)6)16(17)19-11(3)4/h7-8,10-11H,9H2,1-6H3. The van der Waals surface area contributed by atoms with Gasteiger partial charge in [-0.15, -0.1) is 0 Å². The van der Waals surface area contributed by atoms with Crippen molar-refractivity contribution in [3.05, 3.63) is 28.8 Å². The highest BCUT2D eigenvalue weighted by Crippen LogP contribution is 2.24. The van der Waals surface area contributed by atoms with Crippen molar-refractivity contribution in [1.29, 1.82) is 0 Å². The van der Waals surface area contributed by atoms with Gasteiger partial charge < -0.3 is 9.47 Å². The fourth-order valence-electron chi connectivity index (χ4n) is 1.70. The van der Waals surface area contributed by atoms with Crippen molar-refractivity contribution in [1.82, 2.24) is 0 Å². The summed E-state index contributed by atoms with van der Waals surface area (Å²) in [7, 11) is 0. The van der Waals surface area contributed by atoms with E-state index in [1.165, 1.54) is 0 Å². The Kier molecular flexibility index (Phi) is 5.40. The maximum Gasteiger partial charge on any atom is 0.338 e. The van der Waals surface area contributed by atoms with Crippen molar-refractivity contribution in [2.75, 3.05) is 6.61 Å². The van der Waals surface area contributed by atoms with E-state index in [2.05, 4.69) is 13.8 Å². The summed E-state index contributed by atoms with van der Waals surface area (Å²) >= 11 is 0. The first kappa shape index (κ1) is 15.5. The Balaban J connectivity index is 2.93. The average molecular weight is 264 g/mol. The molecule has 0 aliphatic carbocycles. The second-order valence-electron chi connectivity index (χ2n) is 5.59. The zero-order chi connectivity index (χ0) is 14.6. The minimum absolute atomic E-state index is 0.107. The first-order valence-corrected chi connectivity index (χ1v) is 6.76. The third kappa shape index (κ3) is 4.58. The molecule has 0 atom stereocenters. The number of carbonyl (C=O) groups excluding carboxylic acids is 1. The minimum Gasteiger partial charge on any atom is -0.493 e. The van der Waals surface area contributed by atoms with Crippen LogP contribution in [0.5, 0.6) is 5.75 Å². The summed E-state index contributed by atoms with van der Waals surface area (Å²) in [5.41, 5.74) is 2.46. The molecule has 0 amide bonds. The van der Waals surface area contributed by atoms with Crippen molar-refractivity contribution < 1.29 is 14.3 Å². The van der Waals surface area contributed by atoms with Crippen LogP contribution in [-0.4, -0.2) is 18.7 Å². The number of hydrogen-bond acceptors (Lipinski definition) is 3. The minimum atomic E-state index is -0.272. The molecule has 0 aromatic heterocycles. The molecule has 1 aromatic rings. The Morgan fingerprint density at radius 2 is 1.74 bits per heavy atom. The van der Waals surface area contributed by atoms with Gasteiger partial charge in [0, 0.05) is 0 Å². The topological polar surface area (TPSA) is 35.5 Å². The molecule has 0 radical (unpaired) electrons. The van der Waals surface area contributed by atoms with Gasteiger partial charge in [0.15, 0.2) is 0 Å². The van der Waals surface area contributed by atoms with E-state index in [-0.39, 0.29) is 12.1 Å². The predicted molar refractivity (Wildman–Crippen MR) is 76.8 cm³/mol. The Hall–Kier alpha value is -1.51. The summed E-state index contributed by atoms with van der Waals surface area (Å²) in [6, 6.07) is 3.75. The van der Waals surface area contributed by atoms with E-state index in [9.17, 15) is 4.79 Å². The number of rotatable bonds is 5. The number of carbonyl (C=O) groups is 1. The molecule has 3 heteroatoms. The summed E-state index contributed by atoms with van der Waals surface area (Å²) in [6.45, 7) is 12.4. The van der Waals surface area contributed by atoms with E-state index < -0.39 is 0 Å². The van der Waals surface area contributed by atoms with Gasteiger partial charge in [0.05, 0.1) is 18.3 Å². The normalized spacial score (nSPS) is 10.9. The summed E-state index contributed by atoms with van der Waals surface area (Å²) < 4.78 is 11.0. The SMILES string of the molecule is Cc1cc(C(=O)OC(C)C)c(C)cc1OCC(C)C. The molecule has 3 nitrogen and oxygen atoms in total. The molecular formula is C16H24O3. The highest BCUT2D eigenvalue weighted by molar-refractivity contribution is 5.91. The number of hydrogen-bond donors (Lipinski definition) is 0. The Morgan fingerprint density at radius 1 is 1.11 bits per heavy atom. The molecule has 0 spiro atoms. The van der Waals surface area contributed by atoms with Crippen molar-refractivity contribution >= 4 is 5.97 Å². The number of ether oxygens (including phenoxy) is 2. The first-order chi connectivity index (χ1) is 8.81. The molecular weight excluding hydrogens is 240 g/mol. The van der Waals surface area contributed by atoms with Crippen molar-refractivity contribution in [3.8, 4) is 5.75 Å². The molecule has 0 saturated carbocycles. The zero-order valence-corrected chi connectivity index (χ0v) is 12.7. The fraction of sp³-hybridized carbons (Fsp3) is 0.562. The largest absolute Gasteiger partial charge is 0.493 e. The average Bonchev–Trinajstić information content (AvgIpc) is 2.28. The van der Waals surface area contributed by atoms with Crippen LogP contribution in [-0.2, 0) is 4.74 Å². The van der Waals surface area contributed by atoms with Gasteiger partial charge in [-0.2, -0.15) is 0 Å². The van der Waals surface area contributed by atoms with Gasteiger partial charge in [0.1, 0.15) is 5.75 Å². The van der Waals surface area contributed by atoms with Crippen LogP contribution >= 0.6 is 0 Å². The van der Waals surface area contributed by atoms with E-state index >= 15 is 0 Å². The fourth-order valence-corrected chi connectivity index (χ4v) is 1.70. The molecule has 0 fully saturated rings. The monoisotopic (exact) mass is 264 g/mol. The Labute approximate surface area is 115 Å². The molecule has 0 N–H and O–H groups in total. The van der Waals surface area contributed by atoms with Crippen LogP contribution in [0.15, 0.2) is 12.1 Å². The summed E-state index contributed by atoms with van der Waals surface area (Å²) in [5.74, 6) is 1.04. The van der Waals surface area contributed by atoms with Crippen molar-refractivity contribution in [3.63, 3.8) is 0 Å². The summed E-state index contributed by atoms with van der Waals surface area (Å²) in [4.78, 5) is 11.9. The molecule has 0 unspecified atom stereocenters. The molecule has 1 aromatic carbocycles. The molecule has 106 valence electrons. The first-order valence-electron chi connectivity index (χ1n) is 6.76. The Morgan fingerprint density at radius 3 is 2.26 bits per heavy atom. The molecule has 1 rings (SSSR count). The quantitative estimate of drug-likeness (QED) is 0.756. The highest BCUT2D eigenvalue weighted by Gasteiger charge is 2.15. The molecule has 19 heavy (non-hydrogen) atoms. The van der Waals surface area contributed by atoms with Gasteiger partial charge in [-0.1, -0.05) is 13.8 Å². The summed E-state index contributed by atoms with van der Waals surface area (Å²) in [5, 5.41) is 0. The number of esters is 1. The van der Waals surface area contributed by atoms with E-state index in [0.717, 1.165) is 16.9 Å². The van der Waals surface area contributed by atoms with E-state index in [1.54, 1.807) is 0 Å². The second-order valence-corrected chi connectivity index (χ2v) is 5.59. The van der Waals surface area contributed by atoms with Gasteiger partial charge >= 0.3 is 5.97 Å². The summed E-state index contributed by atoms with van der Waals surface area (Å²) in [6.07, 6.45) is -0.107. The third-order valence-corrected chi connectivity index (χ3v) is 2.66. The van der Waals surface area contributed by atoms with E-state index in [1.807, 2.05) is 39.8 Å². The maximum absolute atomic E-state index is 11.9. The number of aryl methyl sites for hydroxylation is 2. The predicted octanol–water partition coefficient (Wildman–Crippen LogP) is 3.90. The second kappa shape index (κ2) is 6.60. The molecule has 0 aliphatic rings. The van der Waals surface area contributed by atoms with Crippen LogP contribution < -0.4 is 4.74 Å². The van der Waals surface area contributed by atoms with E-state index in [0.29, 0.717) is 18.1 Å². The van der Waals surface area contributed by atoms with Crippen LogP contribution in [0.3, 0.4) is 0 Å². The van der Waals surface area contributed by atoms with Gasteiger partial charge in [0.25, 0.3) is 0 Å². The molecule has 0 aliphatic heterocycles. The number of benzene rings is 1. The lowest BCUT2D eigenvalue weighted by molar-refractivity contribution is 0.0377. The van der Waals surface area contributed by atoms with Crippen LogP contribution in [0.25, 0.3) is 0 Å². The lowest BCUT2D eigenvalue weighted by Gasteiger charge is -2.15. The maximum atomic E-state index is 11.9. The lowest BCUT2D eigenvalue weighted by atomic mass is 10.0. The zero-order valence-electron chi connectivity index (χ0n) is 12.7. The molecule has 0 heterocycles. The van der Waals surface area contributed by atoms with Crippen LogP contribution in [0.4, 0.5) is 0 Å². The van der Waals surface area contributed by atoms with Crippen LogP contribution in [0, 0.1) is 19.8 Å². The highest BCUT2D eigenvalue weighted by atomic mass is 16.5. The third-order valence-electron chi connectivity index (χ3n) is 2.66. The van der Waals surface area contributed by atoms with Crippen LogP contribution in [0.2, 0.25) is 0 Å². The van der Waals surface area contributed by atoms with Crippen molar-refractivity contribution in [2.24, 2.45) is 5.92 Å². The Bertz CT molecular complexity index is 448. The lowest BCUT2D eigenvalue weighted by Crippen LogP contribution is -2.13. The van der Waals surface area contributed by atoms with Crippen molar-refractivity contribution in [2.45, 2.75) is 47.6 Å². The van der Waals surface area contributed by atoms with Crippen LogP contribution in [0.1, 0.15) is 49.2 Å². The molecule has 0 bridgehead atoms. The molecule has 0 saturated heterocycles.